The second kappa shape index (κ2) is 8.81. The van der Waals surface area contributed by atoms with Crippen LogP contribution in [0.5, 0.6) is 0 Å². The SMILES string of the molecule is O=C1CCCN1c1ccc(S(=O)(=O)N[C@@H](Cc2ccccc2)c2ccccc2)cc1. The third-order valence-corrected chi connectivity index (χ3v) is 6.80. The van der Waals surface area contributed by atoms with Crippen molar-refractivity contribution in [2.45, 2.75) is 30.2 Å². The number of hydrogen-bond acceptors (Lipinski definition) is 3. The van der Waals surface area contributed by atoms with E-state index in [4.69, 9.17) is 0 Å². The van der Waals surface area contributed by atoms with E-state index in [1.165, 1.54) is 0 Å². The molecule has 0 aromatic heterocycles. The number of rotatable bonds is 7. The average molecular weight is 421 g/mol. The van der Waals surface area contributed by atoms with Gasteiger partial charge < -0.3 is 4.90 Å². The van der Waals surface area contributed by atoms with Crippen molar-refractivity contribution < 1.29 is 13.2 Å². The quantitative estimate of drug-likeness (QED) is 0.626. The molecule has 3 aromatic carbocycles. The molecule has 1 aliphatic heterocycles. The van der Waals surface area contributed by atoms with Crippen LogP contribution in [0, 0.1) is 0 Å². The fourth-order valence-electron chi connectivity index (χ4n) is 3.74. The van der Waals surface area contributed by atoms with Crippen LogP contribution in [0.25, 0.3) is 0 Å². The lowest BCUT2D eigenvalue weighted by molar-refractivity contribution is -0.117. The number of amides is 1. The largest absolute Gasteiger partial charge is 0.312 e. The highest BCUT2D eigenvalue weighted by Gasteiger charge is 2.24. The molecule has 1 aliphatic rings. The molecule has 0 aliphatic carbocycles. The van der Waals surface area contributed by atoms with Crippen molar-refractivity contribution in [1.82, 2.24) is 4.72 Å². The van der Waals surface area contributed by atoms with Crippen LogP contribution in [0.2, 0.25) is 0 Å². The Morgan fingerprint density at radius 2 is 1.50 bits per heavy atom. The molecular weight excluding hydrogens is 396 g/mol. The molecule has 0 bridgehead atoms. The van der Waals surface area contributed by atoms with Gasteiger partial charge in [0, 0.05) is 18.7 Å². The summed E-state index contributed by atoms with van der Waals surface area (Å²) in [5, 5.41) is 0. The van der Waals surface area contributed by atoms with E-state index < -0.39 is 16.1 Å². The third kappa shape index (κ3) is 4.61. The van der Waals surface area contributed by atoms with Gasteiger partial charge in [-0.1, -0.05) is 60.7 Å². The predicted octanol–water partition coefficient (Wildman–Crippen LogP) is 4.08. The Hall–Kier alpha value is -2.96. The number of hydrogen-bond donors (Lipinski definition) is 1. The second-order valence-corrected chi connectivity index (χ2v) is 9.13. The highest BCUT2D eigenvalue weighted by molar-refractivity contribution is 7.89. The lowest BCUT2D eigenvalue weighted by Gasteiger charge is -2.20. The molecule has 1 saturated heterocycles. The molecule has 0 saturated carbocycles. The molecule has 30 heavy (non-hydrogen) atoms. The van der Waals surface area contributed by atoms with Crippen LogP contribution in [-0.4, -0.2) is 20.9 Å². The van der Waals surface area contributed by atoms with Gasteiger partial charge in [0.2, 0.25) is 15.9 Å². The van der Waals surface area contributed by atoms with E-state index in [-0.39, 0.29) is 10.8 Å². The van der Waals surface area contributed by atoms with E-state index in [2.05, 4.69) is 4.72 Å². The van der Waals surface area contributed by atoms with Crippen LogP contribution >= 0.6 is 0 Å². The van der Waals surface area contributed by atoms with Crippen molar-refractivity contribution in [1.29, 1.82) is 0 Å². The average Bonchev–Trinajstić information content (AvgIpc) is 3.20. The number of sulfonamides is 1. The minimum Gasteiger partial charge on any atom is -0.312 e. The smallest absolute Gasteiger partial charge is 0.241 e. The van der Waals surface area contributed by atoms with Gasteiger partial charge in [-0.25, -0.2) is 13.1 Å². The molecule has 1 atom stereocenters. The predicted molar refractivity (Wildman–Crippen MR) is 118 cm³/mol. The summed E-state index contributed by atoms with van der Waals surface area (Å²) in [6.07, 6.45) is 1.92. The van der Waals surface area contributed by atoms with Gasteiger partial charge in [-0.15, -0.1) is 0 Å². The number of nitrogens with zero attached hydrogens (tertiary/aromatic N) is 1. The topological polar surface area (TPSA) is 66.5 Å². The van der Waals surface area contributed by atoms with Crippen molar-refractivity contribution in [3.05, 3.63) is 96.1 Å². The van der Waals surface area contributed by atoms with Gasteiger partial charge in [-0.3, -0.25) is 4.79 Å². The van der Waals surface area contributed by atoms with Crippen molar-refractivity contribution in [2.75, 3.05) is 11.4 Å². The molecule has 4 rings (SSSR count). The lowest BCUT2D eigenvalue weighted by atomic mass is 10.00. The number of carbonyl (C=O) groups is 1. The van der Waals surface area contributed by atoms with E-state index in [1.807, 2.05) is 60.7 Å². The first kappa shape index (κ1) is 20.3. The molecule has 0 spiro atoms. The number of benzene rings is 3. The molecule has 1 heterocycles. The minimum atomic E-state index is -3.73. The van der Waals surface area contributed by atoms with Crippen LogP contribution in [0.1, 0.15) is 30.0 Å². The van der Waals surface area contributed by atoms with Crippen molar-refractivity contribution >= 4 is 21.6 Å². The third-order valence-electron chi connectivity index (χ3n) is 5.31. The number of anilines is 1. The molecule has 1 fully saturated rings. The van der Waals surface area contributed by atoms with Crippen LogP contribution < -0.4 is 9.62 Å². The van der Waals surface area contributed by atoms with Crippen molar-refractivity contribution in [3.63, 3.8) is 0 Å². The number of nitrogens with one attached hydrogen (secondary N) is 1. The van der Waals surface area contributed by atoms with Gasteiger partial charge in [0.1, 0.15) is 0 Å². The molecular formula is C24H24N2O3S. The Labute approximate surface area is 177 Å². The molecule has 154 valence electrons. The molecule has 1 N–H and O–H groups in total. The molecule has 1 amide bonds. The lowest BCUT2D eigenvalue weighted by Crippen LogP contribution is -2.30. The summed E-state index contributed by atoms with van der Waals surface area (Å²) in [7, 11) is -3.73. The van der Waals surface area contributed by atoms with Crippen LogP contribution in [-0.2, 0) is 21.2 Å². The first-order valence-electron chi connectivity index (χ1n) is 10.0. The minimum absolute atomic E-state index is 0.0794. The van der Waals surface area contributed by atoms with E-state index in [0.29, 0.717) is 19.4 Å². The van der Waals surface area contributed by atoms with Crippen molar-refractivity contribution in [3.8, 4) is 0 Å². The highest BCUT2D eigenvalue weighted by Crippen LogP contribution is 2.25. The summed E-state index contributed by atoms with van der Waals surface area (Å²) < 4.78 is 29.1. The van der Waals surface area contributed by atoms with Gasteiger partial charge in [-0.2, -0.15) is 0 Å². The Morgan fingerprint density at radius 1 is 0.867 bits per heavy atom. The van der Waals surface area contributed by atoms with Crippen molar-refractivity contribution in [2.24, 2.45) is 0 Å². The fraction of sp³-hybridized carbons (Fsp3) is 0.208. The Balaban J connectivity index is 1.57. The zero-order valence-electron chi connectivity index (χ0n) is 16.6. The summed E-state index contributed by atoms with van der Waals surface area (Å²) in [5.74, 6) is 0.0794. The van der Waals surface area contributed by atoms with Gasteiger partial charge in [0.15, 0.2) is 0 Å². The summed E-state index contributed by atoms with van der Waals surface area (Å²) in [6, 6.07) is 25.5. The summed E-state index contributed by atoms with van der Waals surface area (Å²) in [6.45, 7) is 0.677. The Morgan fingerprint density at radius 3 is 2.10 bits per heavy atom. The molecule has 5 nitrogen and oxygen atoms in total. The van der Waals surface area contributed by atoms with Crippen LogP contribution in [0.15, 0.2) is 89.8 Å². The fourth-order valence-corrected chi connectivity index (χ4v) is 4.97. The van der Waals surface area contributed by atoms with E-state index >= 15 is 0 Å². The Kier molecular flexibility index (Phi) is 5.97. The van der Waals surface area contributed by atoms with Crippen LogP contribution in [0.4, 0.5) is 5.69 Å². The maximum absolute atomic E-state index is 13.1. The normalized spacial score (nSPS) is 15.3. The van der Waals surface area contributed by atoms with Crippen LogP contribution in [0.3, 0.4) is 0 Å². The van der Waals surface area contributed by atoms with Gasteiger partial charge in [0.05, 0.1) is 10.9 Å². The Bertz CT molecular complexity index is 1100. The zero-order chi connectivity index (χ0) is 21.0. The van der Waals surface area contributed by atoms with Gasteiger partial charge in [-0.05, 0) is 48.2 Å². The molecule has 3 aromatic rings. The molecule has 0 unspecified atom stereocenters. The van der Waals surface area contributed by atoms with Gasteiger partial charge >= 0.3 is 0 Å². The summed E-state index contributed by atoms with van der Waals surface area (Å²) in [4.78, 5) is 13.8. The maximum Gasteiger partial charge on any atom is 0.241 e. The first-order valence-corrected chi connectivity index (χ1v) is 11.5. The van der Waals surface area contributed by atoms with E-state index in [1.54, 1.807) is 29.2 Å². The summed E-state index contributed by atoms with van der Waals surface area (Å²) >= 11 is 0. The monoisotopic (exact) mass is 420 g/mol. The molecule has 6 heteroatoms. The van der Waals surface area contributed by atoms with E-state index in [0.717, 1.165) is 23.2 Å². The standard InChI is InChI=1S/C24H24N2O3S/c27-24-12-7-17-26(24)21-13-15-22(16-14-21)30(28,29)25-23(20-10-5-2-6-11-20)18-19-8-3-1-4-9-19/h1-6,8-11,13-16,23,25H,7,12,17-18H2/t23-/m0/s1. The van der Waals surface area contributed by atoms with Gasteiger partial charge in [0.25, 0.3) is 0 Å². The summed E-state index contributed by atoms with van der Waals surface area (Å²) in [5.41, 5.74) is 2.70. The highest BCUT2D eigenvalue weighted by atomic mass is 32.2. The molecule has 0 radical (unpaired) electrons. The second-order valence-electron chi connectivity index (χ2n) is 7.42. The maximum atomic E-state index is 13.1. The van der Waals surface area contributed by atoms with E-state index in [9.17, 15) is 13.2 Å². The number of carbonyl (C=O) groups excluding carboxylic acids is 1. The first-order chi connectivity index (χ1) is 14.5. The zero-order valence-corrected chi connectivity index (χ0v) is 17.4.